The number of halogens is 1. The molecule has 2 aromatic heterocycles. The standard InChI is InChI=1S/C46H51ClN8O7/c1-22(2)39(53(3)46(59)60)44(57)55-34-19-30(34)20-35(55)41-48-31-10-9-27(17-32(31)49-41)25-5-6-26-16-28(8-7-24(26)15-25)37-40(47)52-42(50-37)36-21-29-18-33(29)54(36)43(56)38(51-45(58)61-4)23-11-13-62-14-12-23/h5-10,15-17,22-23,29-30,33-36,38-39H,11-14,18-21H2,1-4H3,(H,48,49)(H,50,52)(H,51,58)(H,59,60)/t29-,30+,33+,34+,35-,36-,38-,39-/m0/s1. The second kappa shape index (κ2) is 15.6. The van der Waals surface area contributed by atoms with Crippen LogP contribution in [-0.2, 0) is 19.1 Å². The van der Waals surface area contributed by atoms with E-state index < -0.39 is 24.3 Å². The molecule has 10 rings (SSSR count). The largest absolute Gasteiger partial charge is 0.465 e. The molecule has 0 unspecified atom stereocenters. The van der Waals surface area contributed by atoms with Crippen LogP contribution in [0.25, 0.3) is 44.2 Å². The van der Waals surface area contributed by atoms with Crippen molar-refractivity contribution < 1.29 is 33.8 Å². The number of likely N-dealkylation sites (N-methyl/N-ethyl adjacent to an activating group) is 1. The molecule has 5 aromatic rings. The highest BCUT2D eigenvalue weighted by Gasteiger charge is 2.58. The van der Waals surface area contributed by atoms with Crippen molar-refractivity contribution in [3.8, 4) is 22.4 Å². The molecule has 2 aliphatic carbocycles. The van der Waals surface area contributed by atoms with Crippen molar-refractivity contribution in [2.24, 2.45) is 23.7 Å². The Morgan fingerprint density at radius 3 is 2.08 bits per heavy atom. The van der Waals surface area contributed by atoms with Crippen LogP contribution in [0.1, 0.15) is 76.1 Å². The lowest BCUT2D eigenvalue weighted by molar-refractivity contribution is -0.140. The number of hydrogen-bond donors (Lipinski definition) is 4. The van der Waals surface area contributed by atoms with E-state index in [0.29, 0.717) is 54.6 Å². The average molecular weight is 863 g/mol. The van der Waals surface area contributed by atoms with Gasteiger partial charge in [0.1, 0.15) is 34.6 Å². The fraction of sp³-hybridized carbons (Fsp3) is 0.478. The molecule has 5 heterocycles. The zero-order chi connectivity index (χ0) is 43.1. The van der Waals surface area contributed by atoms with Crippen LogP contribution in [0.5, 0.6) is 0 Å². The van der Waals surface area contributed by atoms with Crippen molar-refractivity contribution in [2.75, 3.05) is 27.4 Å². The monoisotopic (exact) mass is 862 g/mol. The first-order valence-electron chi connectivity index (χ1n) is 21.7. The molecule has 0 spiro atoms. The number of methoxy groups -OCH3 is 1. The second-order valence-corrected chi connectivity index (χ2v) is 18.6. The van der Waals surface area contributed by atoms with Gasteiger partial charge in [0, 0.05) is 37.9 Å². The van der Waals surface area contributed by atoms with Crippen molar-refractivity contribution in [1.82, 2.24) is 40.0 Å². The summed E-state index contributed by atoms with van der Waals surface area (Å²) in [7, 11) is 2.77. The molecule has 3 aliphatic heterocycles. The molecular formula is C46H51ClN8O7. The fourth-order valence-electron chi connectivity index (χ4n) is 10.6. The molecule has 5 aliphatic rings. The number of benzene rings is 3. The highest BCUT2D eigenvalue weighted by Crippen LogP contribution is 2.55. The molecule has 3 saturated heterocycles. The van der Waals surface area contributed by atoms with Crippen LogP contribution >= 0.6 is 11.6 Å². The minimum Gasteiger partial charge on any atom is -0.465 e. The molecule has 0 bridgehead atoms. The zero-order valence-electron chi connectivity index (χ0n) is 35.1. The Morgan fingerprint density at radius 1 is 0.839 bits per heavy atom. The van der Waals surface area contributed by atoms with Gasteiger partial charge in [-0.25, -0.2) is 19.6 Å². The number of aromatic amines is 2. The summed E-state index contributed by atoms with van der Waals surface area (Å²) in [5.41, 5.74) is 5.18. The lowest BCUT2D eigenvalue weighted by atomic mass is 9.90. The summed E-state index contributed by atoms with van der Waals surface area (Å²) in [4.78, 5) is 74.3. The van der Waals surface area contributed by atoms with E-state index in [1.807, 2.05) is 35.8 Å². The third kappa shape index (κ3) is 7.12. The summed E-state index contributed by atoms with van der Waals surface area (Å²) in [6.07, 6.45) is 3.05. The SMILES string of the molecule is COC(=O)N[C@H](C(=O)N1[C@@H]2C[C@H]2C[C@H]1c1nc(-c2ccc3cc(-c4ccc5nc([C@@H]6C[C@H]7C[C@H]7N6C(=O)[C@H](C(C)C)N(C)C(=O)O)[nH]c5c4)ccc3c2)c(Cl)[nH]1)C1CCOCC1. The average Bonchev–Trinajstić information content (AvgIpc) is 3.95. The number of carbonyl (C=O) groups excluding carboxylic acids is 3. The maximum Gasteiger partial charge on any atom is 0.407 e. The molecule has 0 radical (unpaired) electrons. The molecule has 324 valence electrons. The minimum atomic E-state index is -1.12. The van der Waals surface area contributed by atoms with Gasteiger partial charge in [-0.1, -0.05) is 55.8 Å². The third-order valence-electron chi connectivity index (χ3n) is 14.0. The lowest BCUT2D eigenvalue weighted by Crippen LogP contribution is -2.54. The highest BCUT2D eigenvalue weighted by molar-refractivity contribution is 6.32. The smallest absolute Gasteiger partial charge is 0.407 e. The van der Waals surface area contributed by atoms with E-state index in [1.54, 1.807) is 0 Å². The van der Waals surface area contributed by atoms with Crippen molar-refractivity contribution in [3.63, 3.8) is 0 Å². The molecular weight excluding hydrogens is 812 g/mol. The van der Waals surface area contributed by atoms with Crippen LogP contribution in [0.4, 0.5) is 9.59 Å². The molecule has 2 saturated carbocycles. The van der Waals surface area contributed by atoms with Crippen LogP contribution in [0.3, 0.4) is 0 Å². The van der Waals surface area contributed by atoms with Crippen LogP contribution in [0, 0.1) is 23.7 Å². The highest BCUT2D eigenvalue weighted by atomic mass is 35.5. The van der Waals surface area contributed by atoms with Gasteiger partial charge in [-0.05, 0) is 108 Å². The number of amides is 4. The Hall–Kier alpha value is -5.67. The lowest BCUT2D eigenvalue weighted by Gasteiger charge is -2.35. The molecule has 3 aromatic carbocycles. The number of aromatic nitrogens is 4. The maximum atomic E-state index is 14.3. The normalized spacial score (nSPS) is 25.1. The summed E-state index contributed by atoms with van der Waals surface area (Å²) < 4.78 is 10.5. The van der Waals surface area contributed by atoms with Gasteiger partial charge in [0.2, 0.25) is 11.8 Å². The summed E-state index contributed by atoms with van der Waals surface area (Å²) >= 11 is 6.88. The third-order valence-corrected chi connectivity index (χ3v) is 14.3. The van der Waals surface area contributed by atoms with E-state index in [4.69, 9.17) is 31.0 Å². The summed E-state index contributed by atoms with van der Waals surface area (Å²) in [5, 5.41) is 15.0. The van der Waals surface area contributed by atoms with E-state index in [9.17, 15) is 24.3 Å². The first-order valence-corrected chi connectivity index (χ1v) is 22.1. The Labute approximate surface area is 363 Å². The predicted molar refractivity (Wildman–Crippen MR) is 231 cm³/mol. The Balaban J connectivity index is 0.876. The molecule has 16 heteroatoms. The fourth-order valence-corrected chi connectivity index (χ4v) is 10.9. The van der Waals surface area contributed by atoms with Crippen molar-refractivity contribution in [2.45, 2.75) is 88.6 Å². The predicted octanol–water partition coefficient (Wildman–Crippen LogP) is 7.54. The molecule has 4 N–H and O–H groups in total. The maximum absolute atomic E-state index is 14.3. The van der Waals surface area contributed by atoms with Gasteiger partial charge in [-0.3, -0.25) is 14.5 Å². The van der Waals surface area contributed by atoms with E-state index in [-0.39, 0.29) is 47.8 Å². The Morgan fingerprint density at radius 2 is 1.44 bits per heavy atom. The number of rotatable bonds is 10. The van der Waals surface area contributed by atoms with Gasteiger partial charge < -0.3 is 39.7 Å². The number of imidazole rings is 2. The molecule has 5 fully saturated rings. The van der Waals surface area contributed by atoms with Gasteiger partial charge in [-0.2, -0.15) is 0 Å². The number of ether oxygens (including phenoxy) is 2. The van der Waals surface area contributed by atoms with Crippen molar-refractivity contribution in [3.05, 3.63) is 71.4 Å². The molecule has 15 nitrogen and oxygen atoms in total. The number of piperidine rings is 2. The summed E-state index contributed by atoms with van der Waals surface area (Å²) in [6, 6.07) is 16.8. The number of alkyl carbamates (subject to hydrolysis) is 1. The van der Waals surface area contributed by atoms with Crippen LogP contribution < -0.4 is 5.32 Å². The topological polar surface area (TPSA) is 186 Å². The number of H-pyrrole nitrogens is 2. The van der Waals surface area contributed by atoms with Crippen molar-refractivity contribution >= 4 is 57.4 Å². The van der Waals surface area contributed by atoms with Crippen LogP contribution in [0.2, 0.25) is 5.15 Å². The quantitative estimate of drug-likeness (QED) is 0.110. The van der Waals surface area contributed by atoms with E-state index in [1.165, 1.54) is 14.2 Å². The number of carbonyl (C=O) groups is 4. The minimum absolute atomic E-state index is 0.0550. The van der Waals surface area contributed by atoms with E-state index >= 15 is 0 Å². The number of fused-ring (bicyclic) bond motifs is 4. The van der Waals surface area contributed by atoms with E-state index in [0.717, 1.165) is 74.9 Å². The molecule has 4 amide bonds. The Kier molecular flexibility index (Phi) is 10.2. The van der Waals surface area contributed by atoms with Crippen molar-refractivity contribution in [1.29, 1.82) is 0 Å². The van der Waals surface area contributed by atoms with Crippen LogP contribution in [-0.4, -0.2) is 115 Å². The number of nitrogens with zero attached hydrogens (tertiary/aromatic N) is 5. The van der Waals surface area contributed by atoms with Gasteiger partial charge in [0.05, 0.1) is 30.2 Å². The first-order chi connectivity index (χ1) is 29.9. The number of carboxylic acid groups (broad SMARTS) is 1. The van der Waals surface area contributed by atoms with Gasteiger partial charge >= 0.3 is 12.2 Å². The zero-order valence-corrected chi connectivity index (χ0v) is 35.9. The van der Waals surface area contributed by atoms with Crippen LogP contribution in [0.15, 0.2) is 54.6 Å². The second-order valence-electron chi connectivity index (χ2n) is 18.2. The molecule has 62 heavy (non-hydrogen) atoms. The number of hydrogen-bond acceptors (Lipinski definition) is 8. The molecule has 8 atom stereocenters. The van der Waals surface area contributed by atoms with Gasteiger partial charge in [0.25, 0.3) is 0 Å². The summed E-state index contributed by atoms with van der Waals surface area (Å²) in [5.74, 6) is 1.63. The van der Waals surface area contributed by atoms with Gasteiger partial charge in [-0.15, -0.1) is 0 Å². The summed E-state index contributed by atoms with van der Waals surface area (Å²) in [6.45, 7) is 4.85. The van der Waals surface area contributed by atoms with E-state index in [2.05, 4.69) is 57.7 Å². The Bertz CT molecular complexity index is 2600. The first kappa shape index (κ1) is 40.4. The number of nitrogens with one attached hydrogen (secondary N) is 3. The van der Waals surface area contributed by atoms with Gasteiger partial charge in [0.15, 0.2) is 0 Å². The number of likely N-dealkylation sites (tertiary alicyclic amines) is 2.